The van der Waals surface area contributed by atoms with E-state index in [1.165, 1.54) is 29.2 Å². The molecule has 144 valence electrons. The van der Waals surface area contributed by atoms with Crippen LogP contribution in [0.2, 0.25) is 0 Å². The van der Waals surface area contributed by atoms with Crippen molar-refractivity contribution in [3.8, 4) is 5.75 Å². The van der Waals surface area contributed by atoms with Gasteiger partial charge in [0.1, 0.15) is 17.6 Å². The van der Waals surface area contributed by atoms with E-state index >= 15 is 0 Å². The Balaban J connectivity index is 1.47. The molecule has 0 bridgehead atoms. The number of amides is 3. The van der Waals surface area contributed by atoms with Crippen molar-refractivity contribution < 1.29 is 18.7 Å². The van der Waals surface area contributed by atoms with E-state index in [0.29, 0.717) is 30.9 Å². The number of rotatable bonds is 8. The van der Waals surface area contributed by atoms with Crippen molar-refractivity contribution in [3.05, 3.63) is 42.0 Å². The molecule has 0 spiro atoms. The van der Waals surface area contributed by atoms with E-state index in [0.717, 1.165) is 0 Å². The van der Waals surface area contributed by atoms with Crippen molar-refractivity contribution in [1.29, 1.82) is 0 Å². The number of nitrogens with zero attached hydrogens (tertiary/aromatic N) is 4. The lowest BCUT2D eigenvalue weighted by Crippen LogP contribution is -2.33. The van der Waals surface area contributed by atoms with Gasteiger partial charge in [-0.1, -0.05) is 5.21 Å². The zero-order chi connectivity index (χ0) is 19.4. The summed E-state index contributed by atoms with van der Waals surface area (Å²) in [5, 5.41) is 10.7. The van der Waals surface area contributed by atoms with Crippen LogP contribution >= 0.6 is 0 Å². The summed E-state index contributed by atoms with van der Waals surface area (Å²) in [5.74, 6) is -0.0678. The second kappa shape index (κ2) is 8.15. The highest BCUT2D eigenvalue weighted by Crippen LogP contribution is 2.14. The molecule has 2 aromatic rings. The van der Waals surface area contributed by atoms with E-state index in [9.17, 15) is 14.0 Å². The van der Waals surface area contributed by atoms with Gasteiger partial charge in [-0.3, -0.25) is 9.69 Å². The number of aromatic nitrogens is 3. The fraction of sp³-hybridized carbons (Fsp3) is 0.444. The lowest BCUT2D eigenvalue weighted by atomic mass is 10.1. The molecule has 1 aromatic carbocycles. The van der Waals surface area contributed by atoms with E-state index in [4.69, 9.17) is 4.74 Å². The first-order valence-electron chi connectivity index (χ1n) is 8.85. The Hall–Kier alpha value is -2.97. The third-order valence-corrected chi connectivity index (χ3v) is 4.22. The fourth-order valence-corrected chi connectivity index (χ4v) is 2.74. The largest absolute Gasteiger partial charge is 0.494 e. The molecular weight excluding hydrogens is 353 g/mol. The first-order valence-corrected chi connectivity index (χ1v) is 8.85. The fourth-order valence-electron chi connectivity index (χ4n) is 2.74. The van der Waals surface area contributed by atoms with Gasteiger partial charge >= 0.3 is 6.03 Å². The van der Waals surface area contributed by atoms with Crippen molar-refractivity contribution in [3.63, 3.8) is 0 Å². The van der Waals surface area contributed by atoms with Gasteiger partial charge in [-0.05, 0) is 44.5 Å². The number of imide groups is 1. The zero-order valence-corrected chi connectivity index (χ0v) is 15.3. The second-order valence-corrected chi connectivity index (χ2v) is 6.64. The normalized spacial score (nSPS) is 16.9. The van der Waals surface area contributed by atoms with Gasteiger partial charge < -0.3 is 10.1 Å². The number of benzene rings is 1. The van der Waals surface area contributed by atoms with Gasteiger partial charge in [0.2, 0.25) is 0 Å². The number of carbonyl (C=O) groups excluding carboxylic acids is 2. The second-order valence-electron chi connectivity index (χ2n) is 6.64. The molecule has 1 atom stereocenters. The van der Waals surface area contributed by atoms with Crippen LogP contribution in [-0.2, 0) is 11.2 Å². The standard InChI is InChI=1S/C18H22FN5O3/c1-12(2)24-11-14(21-22-24)10-16-17(25)23(18(26)20-16)8-3-9-27-15-6-4-13(19)5-7-15/h4-7,11-12,16H,3,8-10H2,1-2H3,(H,20,26)/t16-/m1/s1. The van der Waals surface area contributed by atoms with Crippen LogP contribution in [0, 0.1) is 5.82 Å². The molecule has 1 aliphatic rings. The molecule has 1 fully saturated rings. The minimum atomic E-state index is -0.632. The Morgan fingerprint density at radius 3 is 2.67 bits per heavy atom. The van der Waals surface area contributed by atoms with E-state index in [1.807, 2.05) is 13.8 Å². The van der Waals surface area contributed by atoms with Crippen LogP contribution in [0.15, 0.2) is 30.5 Å². The van der Waals surface area contributed by atoms with Crippen LogP contribution in [0.1, 0.15) is 32.0 Å². The molecule has 1 aromatic heterocycles. The maximum absolute atomic E-state index is 12.8. The first-order chi connectivity index (χ1) is 12.9. The molecule has 1 saturated heterocycles. The Kier molecular flexibility index (Phi) is 5.68. The van der Waals surface area contributed by atoms with Crippen LogP contribution in [0.5, 0.6) is 5.75 Å². The van der Waals surface area contributed by atoms with Gasteiger partial charge in [0.25, 0.3) is 5.91 Å². The van der Waals surface area contributed by atoms with E-state index < -0.39 is 12.1 Å². The van der Waals surface area contributed by atoms with Crippen molar-refractivity contribution in [2.24, 2.45) is 0 Å². The predicted molar refractivity (Wildman–Crippen MR) is 94.7 cm³/mol. The number of hydrogen-bond donors (Lipinski definition) is 1. The molecule has 0 radical (unpaired) electrons. The van der Waals surface area contributed by atoms with Crippen LogP contribution in [0.4, 0.5) is 9.18 Å². The third kappa shape index (κ3) is 4.60. The average Bonchev–Trinajstić information content (AvgIpc) is 3.20. The molecule has 9 heteroatoms. The molecule has 27 heavy (non-hydrogen) atoms. The highest BCUT2D eigenvalue weighted by Gasteiger charge is 2.37. The van der Waals surface area contributed by atoms with Crippen molar-refractivity contribution in [1.82, 2.24) is 25.2 Å². The van der Waals surface area contributed by atoms with Gasteiger partial charge in [0.05, 0.1) is 12.3 Å². The molecule has 0 unspecified atom stereocenters. The summed E-state index contributed by atoms with van der Waals surface area (Å²) >= 11 is 0. The molecule has 3 amide bonds. The van der Waals surface area contributed by atoms with Crippen LogP contribution in [0.25, 0.3) is 0 Å². The van der Waals surface area contributed by atoms with Crippen LogP contribution < -0.4 is 10.1 Å². The zero-order valence-electron chi connectivity index (χ0n) is 15.3. The van der Waals surface area contributed by atoms with E-state index in [2.05, 4.69) is 15.6 Å². The Bertz CT molecular complexity index is 806. The number of carbonyl (C=O) groups is 2. The monoisotopic (exact) mass is 375 g/mol. The summed E-state index contributed by atoms with van der Waals surface area (Å²) in [6.45, 7) is 4.53. The molecular formula is C18H22FN5O3. The number of urea groups is 1. The molecule has 3 rings (SSSR count). The molecule has 0 aliphatic carbocycles. The summed E-state index contributed by atoms with van der Waals surface area (Å²) < 4.78 is 20.0. The molecule has 1 N–H and O–H groups in total. The number of hydrogen-bond acceptors (Lipinski definition) is 5. The lowest BCUT2D eigenvalue weighted by Gasteiger charge is -2.13. The molecule has 0 saturated carbocycles. The first kappa shape index (κ1) is 18.8. The molecule has 1 aliphatic heterocycles. The summed E-state index contributed by atoms with van der Waals surface area (Å²) in [7, 11) is 0. The summed E-state index contributed by atoms with van der Waals surface area (Å²) in [5.41, 5.74) is 0.656. The minimum Gasteiger partial charge on any atom is -0.494 e. The minimum absolute atomic E-state index is 0.178. The number of halogens is 1. The lowest BCUT2D eigenvalue weighted by molar-refractivity contribution is -0.127. The summed E-state index contributed by atoms with van der Waals surface area (Å²) in [6.07, 6.45) is 2.57. The Morgan fingerprint density at radius 2 is 2.00 bits per heavy atom. The van der Waals surface area contributed by atoms with Crippen molar-refractivity contribution in [2.45, 2.75) is 38.8 Å². The Labute approximate surface area is 156 Å². The van der Waals surface area contributed by atoms with Crippen molar-refractivity contribution >= 4 is 11.9 Å². The van der Waals surface area contributed by atoms with Crippen molar-refractivity contribution in [2.75, 3.05) is 13.2 Å². The highest BCUT2D eigenvalue weighted by molar-refractivity contribution is 6.04. The SMILES string of the molecule is CC(C)n1cc(C[C@H]2NC(=O)N(CCCOc3ccc(F)cc3)C2=O)nn1. The third-order valence-electron chi connectivity index (χ3n) is 4.22. The van der Waals surface area contributed by atoms with Gasteiger partial charge in [-0.2, -0.15) is 0 Å². The van der Waals surface area contributed by atoms with E-state index in [-0.39, 0.29) is 24.3 Å². The van der Waals surface area contributed by atoms with Gasteiger partial charge in [0.15, 0.2) is 0 Å². The smallest absolute Gasteiger partial charge is 0.324 e. The average molecular weight is 375 g/mol. The van der Waals surface area contributed by atoms with Gasteiger partial charge in [-0.15, -0.1) is 5.10 Å². The van der Waals surface area contributed by atoms with E-state index in [1.54, 1.807) is 10.9 Å². The maximum Gasteiger partial charge on any atom is 0.324 e. The number of ether oxygens (including phenoxy) is 1. The van der Waals surface area contributed by atoms with Gasteiger partial charge in [0, 0.05) is 25.2 Å². The van der Waals surface area contributed by atoms with Crippen LogP contribution in [0.3, 0.4) is 0 Å². The summed E-state index contributed by atoms with van der Waals surface area (Å²) in [6, 6.07) is 4.82. The topological polar surface area (TPSA) is 89.4 Å². The predicted octanol–water partition coefficient (Wildman–Crippen LogP) is 1.93. The number of nitrogens with one attached hydrogen (secondary N) is 1. The molecule has 2 heterocycles. The van der Waals surface area contributed by atoms with Gasteiger partial charge in [-0.25, -0.2) is 13.9 Å². The Morgan fingerprint density at radius 1 is 1.26 bits per heavy atom. The molecule has 8 nitrogen and oxygen atoms in total. The van der Waals surface area contributed by atoms with Crippen LogP contribution in [-0.4, -0.2) is 51.0 Å². The summed E-state index contributed by atoms with van der Waals surface area (Å²) in [4.78, 5) is 25.7. The quantitative estimate of drug-likeness (QED) is 0.563. The maximum atomic E-state index is 12.8. The highest BCUT2D eigenvalue weighted by atomic mass is 19.1.